The SMILES string of the molecule is C.C1CNCCN1.CCc1nc2c(cnn2CC)c(NC2CCOCC2)c1CNC(=O)c1cc(C)cc(C(=O)NCc2ccc(OC)c(-c3cccc(C=O)c3)c2)c1.CCc1nc2c(cnn2CC)c(NC2CCOCC2)c1CNC(=O)c1cc(C)cc(C(=O)NCc2ccc(OC)c(-c3cccc(CN4CCNCC4)c3)c2)c1. The van der Waals surface area contributed by atoms with E-state index in [0.717, 1.165) is 197 Å². The van der Waals surface area contributed by atoms with E-state index in [4.69, 9.17) is 28.9 Å². The summed E-state index contributed by atoms with van der Waals surface area (Å²) in [6.45, 7) is 26.9. The average molecular weight is 1550 g/mol. The number of carbonyl (C=O) groups is 5. The molecule has 6 aromatic carbocycles. The number of rotatable bonds is 27. The van der Waals surface area contributed by atoms with Gasteiger partial charge in [-0.15, -0.1) is 0 Å². The molecule has 602 valence electrons. The van der Waals surface area contributed by atoms with Crippen molar-refractivity contribution in [2.24, 2.45) is 0 Å². The molecule has 4 aromatic heterocycles. The molecular formula is C89H112N16O9. The predicted octanol–water partition coefficient (Wildman–Crippen LogP) is 11.9. The van der Waals surface area contributed by atoms with Gasteiger partial charge in [-0.2, -0.15) is 10.2 Å². The highest BCUT2D eigenvalue weighted by atomic mass is 16.5. The molecule has 0 bridgehead atoms. The third-order valence-electron chi connectivity index (χ3n) is 21.0. The Kier molecular flexibility index (Phi) is 30.4. The number of benzene rings is 6. The number of ether oxygens (including phenoxy) is 4. The maximum absolute atomic E-state index is 13.8. The largest absolute Gasteiger partial charge is 0.496 e. The van der Waals surface area contributed by atoms with Crippen molar-refractivity contribution in [1.82, 2.24) is 71.6 Å². The van der Waals surface area contributed by atoms with Crippen molar-refractivity contribution in [3.05, 3.63) is 212 Å². The van der Waals surface area contributed by atoms with Gasteiger partial charge in [0, 0.05) is 198 Å². The van der Waals surface area contributed by atoms with Gasteiger partial charge in [-0.05, 0) is 178 Å². The lowest BCUT2D eigenvalue weighted by atomic mass is 9.99. The summed E-state index contributed by atoms with van der Waals surface area (Å²) < 4.78 is 26.3. The Balaban J connectivity index is 0.000000208. The van der Waals surface area contributed by atoms with Crippen molar-refractivity contribution >= 4 is 63.4 Å². The second kappa shape index (κ2) is 41.2. The van der Waals surface area contributed by atoms with Crippen molar-refractivity contribution in [2.75, 3.05) is 104 Å². The molecule has 4 aliphatic rings. The minimum absolute atomic E-state index is 0. The number of anilines is 2. The topological polar surface area (TPSA) is 295 Å². The van der Waals surface area contributed by atoms with Gasteiger partial charge in [0.25, 0.3) is 23.6 Å². The zero-order valence-electron chi connectivity index (χ0n) is 66.4. The fourth-order valence-electron chi connectivity index (χ4n) is 14.9. The van der Waals surface area contributed by atoms with E-state index in [9.17, 15) is 24.0 Å². The van der Waals surface area contributed by atoms with Crippen molar-refractivity contribution in [1.29, 1.82) is 0 Å². The number of hydrogen-bond donors (Lipinski definition) is 9. The molecule has 9 N–H and O–H groups in total. The second-order valence-corrected chi connectivity index (χ2v) is 28.9. The van der Waals surface area contributed by atoms with Gasteiger partial charge in [-0.25, -0.2) is 19.3 Å². The van der Waals surface area contributed by atoms with Crippen molar-refractivity contribution in [3.63, 3.8) is 0 Å². The standard InChI is InChI=1S/C44H54N8O4.C40H44N6O5.C4H10N2.CH4/c1-5-39-37(41(49-35-12-18-56-19-13-35)38-27-48-52(6-2)42(38)50-39)26-47-44(54)34-21-29(3)20-33(24-34)43(53)46-25-30-10-11-40(55-4)36(23-30)32-9-7-8-31(22-32)28-51-16-14-45-15-17-51;1-5-35-33(37(44-31-12-14-51-15-13-31)34-23-43-46(6-2)38(34)45-35)22-42-40(49)30-17-25(3)16-29(20-30)39(48)41-21-26-10-11-36(50-4)32(19-26)28-9-7-8-27(18-28)24-47;1-2-6-4-3-5-1;/h7-11,20-24,27,35,45H,5-6,12-19,25-26,28H2,1-4H3,(H,46,53)(H,47,54)(H,49,50);7-11,16-20,23-24,31H,5-6,12-15,21-22H2,1-4H3,(H,41,48)(H,42,49)(H,44,45);5-6H,1-4H2;1H4. The molecule has 0 saturated carbocycles. The van der Waals surface area contributed by atoms with Crippen LogP contribution in [-0.4, -0.2) is 169 Å². The van der Waals surface area contributed by atoms with Crippen LogP contribution in [0.15, 0.2) is 134 Å². The summed E-state index contributed by atoms with van der Waals surface area (Å²) in [7, 11) is 3.28. The van der Waals surface area contributed by atoms with E-state index >= 15 is 0 Å². The quantitative estimate of drug-likeness (QED) is 0.0216. The van der Waals surface area contributed by atoms with E-state index in [-0.39, 0.29) is 62.8 Å². The monoisotopic (exact) mass is 1550 g/mol. The van der Waals surface area contributed by atoms with Crippen LogP contribution in [-0.2, 0) is 68.1 Å². The number of nitrogens with one attached hydrogen (secondary N) is 9. The highest BCUT2D eigenvalue weighted by Crippen LogP contribution is 2.36. The van der Waals surface area contributed by atoms with Crippen LogP contribution in [0.2, 0.25) is 0 Å². The fourth-order valence-corrected chi connectivity index (χ4v) is 14.9. The van der Waals surface area contributed by atoms with Crippen LogP contribution in [0.4, 0.5) is 11.4 Å². The van der Waals surface area contributed by atoms with Gasteiger partial charge in [0.05, 0.1) is 48.8 Å². The first kappa shape index (κ1) is 84.0. The van der Waals surface area contributed by atoms with E-state index in [0.29, 0.717) is 92.5 Å². The van der Waals surface area contributed by atoms with Gasteiger partial charge in [0.2, 0.25) is 0 Å². The molecule has 0 spiro atoms. The Morgan fingerprint density at radius 2 is 0.912 bits per heavy atom. The maximum Gasteiger partial charge on any atom is 0.251 e. The minimum atomic E-state index is -0.299. The lowest BCUT2D eigenvalue weighted by molar-refractivity contribution is 0.0903. The smallest absolute Gasteiger partial charge is 0.251 e. The van der Waals surface area contributed by atoms with Crippen LogP contribution < -0.4 is 57.3 Å². The number of carbonyl (C=O) groups excluding carboxylic acids is 5. The van der Waals surface area contributed by atoms with E-state index in [2.05, 4.69) is 114 Å². The molecule has 4 aliphatic heterocycles. The molecule has 8 heterocycles. The highest BCUT2D eigenvalue weighted by molar-refractivity contribution is 6.02. The lowest BCUT2D eigenvalue weighted by Crippen LogP contribution is -2.42. The van der Waals surface area contributed by atoms with Crippen LogP contribution in [0.1, 0.15) is 163 Å². The van der Waals surface area contributed by atoms with E-state index in [1.54, 1.807) is 50.6 Å². The predicted molar refractivity (Wildman–Crippen MR) is 450 cm³/mol. The van der Waals surface area contributed by atoms with Gasteiger partial charge in [0.1, 0.15) is 17.8 Å². The summed E-state index contributed by atoms with van der Waals surface area (Å²) in [5, 5.41) is 40.8. The van der Waals surface area contributed by atoms with Crippen LogP contribution in [0.3, 0.4) is 0 Å². The summed E-state index contributed by atoms with van der Waals surface area (Å²) in [6.07, 6.45) is 9.49. The minimum Gasteiger partial charge on any atom is -0.496 e. The first-order valence-electron chi connectivity index (χ1n) is 39.8. The van der Waals surface area contributed by atoms with Crippen LogP contribution in [0.5, 0.6) is 11.5 Å². The van der Waals surface area contributed by atoms with Gasteiger partial charge >= 0.3 is 0 Å². The molecule has 4 fully saturated rings. The molecule has 14 rings (SSSR count). The number of pyridine rings is 2. The Morgan fingerprint density at radius 1 is 0.500 bits per heavy atom. The van der Waals surface area contributed by atoms with E-state index < -0.39 is 0 Å². The van der Waals surface area contributed by atoms with Crippen LogP contribution in [0, 0.1) is 13.8 Å². The molecule has 114 heavy (non-hydrogen) atoms. The molecule has 25 heteroatoms. The first-order chi connectivity index (χ1) is 55.1. The van der Waals surface area contributed by atoms with Crippen LogP contribution >= 0.6 is 0 Å². The Hall–Kier alpha value is -10.9. The molecule has 25 nitrogen and oxygen atoms in total. The van der Waals surface area contributed by atoms with Crippen molar-refractivity contribution in [3.8, 4) is 33.8 Å². The number of amides is 4. The van der Waals surface area contributed by atoms with Gasteiger partial charge in [-0.1, -0.05) is 69.8 Å². The van der Waals surface area contributed by atoms with Crippen LogP contribution in [0.25, 0.3) is 44.3 Å². The molecule has 0 aliphatic carbocycles. The third-order valence-corrected chi connectivity index (χ3v) is 21.0. The highest BCUT2D eigenvalue weighted by Gasteiger charge is 2.26. The Morgan fingerprint density at radius 3 is 1.32 bits per heavy atom. The van der Waals surface area contributed by atoms with Crippen molar-refractivity contribution in [2.45, 2.75) is 145 Å². The lowest BCUT2D eigenvalue weighted by Gasteiger charge is -2.27. The summed E-state index contributed by atoms with van der Waals surface area (Å²) in [5.41, 5.74) is 17.8. The average Bonchev–Trinajstić information content (AvgIpc) is 1.58. The van der Waals surface area contributed by atoms with Gasteiger partial charge < -0.3 is 66.8 Å². The fraction of sp³-hybridized carbons (Fsp3) is 0.404. The number of piperazine rings is 2. The maximum atomic E-state index is 13.8. The number of fused-ring (bicyclic) bond motifs is 2. The number of methoxy groups -OCH3 is 2. The summed E-state index contributed by atoms with van der Waals surface area (Å²) in [5.74, 6) is 0.340. The molecule has 10 aromatic rings. The summed E-state index contributed by atoms with van der Waals surface area (Å²) >= 11 is 0. The summed E-state index contributed by atoms with van der Waals surface area (Å²) in [6, 6.07) is 38.5. The molecule has 0 unspecified atom stereocenters. The molecular weight excluding hydrogens is 1440 g/mol. The molecule has 4 amide bonds. The molecule has 4 saturated heterocycles. The van der Waals surface area contributed by atoms with Crippen molar-refractivity contribution < 1.29 is 42.9 Å². The van der Waals surface area contributed by atoms with Gasteiger partial charge in [-0.3, -0.25) is 28.9 Å². The molecule has 0 radical (unpaired) electrons. The Bertz CT molecular complexity index is 4950. The molecule has 0 atom stereocenters. The normalized spacial score (nSPS) is 14.6. The number of aromatic nitrogens is 6. The third kappa shape index (κ3) is 21.5. The summed E-state index contributed by atoms with van der Waals surface area (Å²) in [4.78, 5) is 78.3. The number of aryl methyl sites for hydroxylation is 6. The van der Waals surface area contributed by atoms with Gasteiger partial charge in [0.15, 0.2) is 11.3 Å². The van der Waals surface area contributed by atoms with E-state index in [1.807, 2.05) is 97.1 Å². The second-order valence-electron chi connectivity index (χ2n) is 28.9. The van der Waals surface area contributed by atoms with E-state index in [1.165, 1.54) is 5.56 Å². The zero-order valence-corrected chi connectivity index (χ0v) is 66.4. The number of aldehydes is 1. The number of hydrogen-bond acceptors (Lipinski definition) is 19. The number of nitrogens with zero attached hydrogens (tertiary/aromatic N) is 7. The first-order valence-corrected chi connectivity index (χ1v) is 39.8. The zero-order chi connectivity index (χ0) is 79.2. The Labute approximate surface area is 669 Å².